The molecule has 0 bridgehead atoms. The molecule has 0 spiro atoms. The van der Waals surface area contributed by atoms with Gasteiger partial charge in [-0.25, -0.2) is 0 Å². The van der Waals surface area contributed by atoms with Crippen LogP contribution >= 0.6 is 0 Å². The van der Waals surface area contributed by atoms with Crippen molar-refractivity contribution in [2.45, 2.75) is 0 Å². The predicted octanol–water partition coefficient (Wildman–Crippen LogP) is 7.09. The molecule has 0 fully saturated rings. The summed E-state index contributed by atoms with van der Waals surface area (Å²) in [6.07, 6.45) is 0. The third-order valence-electron chi connectivity index (χ3n) is 6.42. The molecule has 0 aromatic heterocycles. The molecule has 2 nitrogen and oxygen atoms in total. The van der Waals surface area contributed by atoms with Gasteiger partial charge in [-0.15, -0.1) is 0 Å². The Morgan fingerprint density at radius 2 is 0.914 bits per heavy atom. The van der Waals surface area contributed by atoms with E-state index in [4.69, 9.17) is 4.65 Å². The van der Waals surface area contributed by atoms with E-state index < -0.39 is 7.12 Å². The molecule has 35 heavy (non-hydrogen) atoms. The highest BCUT2D eigenvalue weighted by atomic mass is 16.5. The maximum Gasteiger partial charge on any atom is 0.560 e. The number of hydrogen-bond acceptors (Lipinski definition) is 2. The lowest BCUT2D eigenvalue weighted by molar-refractivity contribution is 0.433. The molecule has 0 saturated carbocycles. The summed E-state index contributed by atoms with van der Waals surface area (Å²) in [4.78, 5) is 0. The average molecular weight is 450 g/mol. The minimum absolute atomic E-state index is 0.636. The van der Waals surface area contributed by atoms with E-state index in [-0.39, 0.29) is 0 Å². The Kier molecular flexibility index (Phi) is 5.54. The van der Waals surface area contributed by atoms with Crippen molar-refractivity contribution >= 4 is 34.1 Å². The van der Waals surface area contributed by atoms with Crippen LogP contribution in [0.3, 0.4) is 0 Å². The number of rotatable bonds is 5. The van der Waals surface area contributed by atoms with Crippen LogP contribution < -0.4 is 10.1 Å². The molecule has 6 rings (SSSR count). The van der Waals surface area contributed by atoms with Crippen molar-refractivity contribution in [3.05, 3.63) is 133 Å². The van der Waals surface area contributed by atoms with E-state index in [1.807, 2.05) is 72.8 Å². The number of benzene rings is 6. The zero-order chi connectivity index (χ0) is 23.6. The van der Waals surface area contributed by atoms with Crippen LogP contribution in [0.4, 0.5) is 0 Å². The quantitative estimate of drug-likeness (QED) is 0.284. The molecule has 6 aromatic carbocycles. The van der Waals surface area contributed by atoms with E-state index >= 15 is 0 Å². The fourth-order valence-electron chi connectivity index (χ4n) is 4.53. The summed E-state index contributed by atoms with van der Waals surface area (Å²) in [5, 5.41) is 15.2. The van der Waals surface area contributed by atoms with Crippen molar-refractivity contribution in [3.63, 3.8) is 0 Å². The van der Waals surface area contributed by atoms with E-state index in [9.17, 15) is 5.02 Å². The van der Waals surface area contributed by atoms with E-state index in [1.165, 1.54) is 22.3 Å². The zero-order valence-corrected chi connectivity index (χ0v) is 19.1. The lowest BCUT2D eigenvalue weighted by Gasteiger charge is -2.12. The van der Waals surface area contributed by atoms with Crippen molar-refractivity contribution in [2.75, 3.05) is 0 Å². The fourth-order valence-corrected chi connectivity index (χ4v) is 4.53. The summed E-state index contributed by atoms with van der Waals surface area (Å²) in [6, 6.07) is 45.3. The van der Waals surface area contributed by atoms with Crippen LogP contribution in [-0.2, 0) is 0 Å². The highest BCUT2D eigenvalue weighted by Crippen LogP contribution is 2.28. The van der Waals surface area contributed by atoms with Gasteiger partial charge in [0, 0.05) is 0 Å². The van der Waals surface area contributed by atoms with Gasteiger partial charge in [-0.2, -0.15) is 0 Å². The van der Waals surface area contributed by atoms with Crippen LogP contribution in [0.5, 0.6) is 5.75 Å². The van der Waals surface area contributed by atoms with E-state index in [2.05, 4.69) is 60.7 Å². The molecule has 0 atom stereocenters. The van der Waals surface area contributed by atoms with Gasteiger partial charge in [-0.05, 0) is 73.5 Å². The molecule has 166 valence electrons. The summed E-state index contributed by atoms with van der Waals surface area (Å²) in [7, 11) is -1.05. The first kappa shape index (κ1) is 21.2. The zero-order valence-electron chi connectivity index (χ0n) is 19.1. The lowest BCUT2D eigenvalue weighted by Crippen LogP contribution is -2.36. The van der Waals surface area contributed by atoms with Gasteiger partial charge in [0.15, 0.2) is 0 Å². The molecule has 0 radical (unpaired) electrons. The summed E-state index contributed by atoms with van der Waals surface area (Å²) in [5.41, 5.74) is 5.46. The second-order valence-corrected chi connectivity index (χ2v) is 8.75. The third kappa shape index (κ3) is 4.42. The number of fused-ring (bicyclic) bond motifs is 2. The van der Waals surface area contributed by atoms with Crippen molar-refractivity contribution in [3.8, 4) is 28.0 Å². The molecular formula is C32H23BO2. The summed E-state index contributed by atoms with van der Waals surface area (Å²) in [5.74, 6) is 0.636. The van der Waals surface area contributed by atoms with Gasteiger partial charge in [-0.3, -0.25) is 0 Å². The van der Waals surface area contributed by atoms with Gasteiger partial charge in [-0.1, -0.05) is 109 Å². The minimum atomic E-state index is -1.05. The fraction of sp³-hybridized carbons (Fsp3) is 0. The number of hydrogen-bond donors (Lipinski definition) is 1. The predicted molar refractivity (Wildman–Crippen MR) is 147 cm³/mol. The highest BCUT2D eigenvalue weighted by Gasteiger charge is 2.19. The normalized spacial score (nSPS) is 11.0. The van der Waals surface area contributed by atoms with Crippen LogP contribution in [-0.4, -0.2) is 12.1 Å². The third-order valence-corrected chi connectivity index (χ3v) is 6.42. The molecule has 0 aliphatic heterocycles. The smallest absolute Gasteiger partial charge is 0.532 e. The Balaban J connectivity index is 1.23. The minimum Gasteiger partial charge on any atom is -0.532 e. The van der Waals surface area contributed by atoms with Gasteiger partial charge < -0.3 is 9.68 Å². The van der Waals surface area contributed by atoms with E-state index in [1.54, 1.807) is 0 Å². The molecule has 1 N–H and O–H groups in total. The molecule has 0 heterocycles. The molecule has 0 amide bonds. The Morgan fingerprint density at radius 1 is 0.429 bits per heavy atom. The summed E-state index contributed by atoms with van der Waals surface area (Å²) < 4.78 is 5.92. The first-order valence-electron chi connectivity index (χ1n) is 11.8. The lowest BCUT2D eigenvalue weighted by atomic mass is 9.78. The Bertz CT molecular complexity index is 1630. The van der Waals surface area contributed by atoms with Crippen LogP contribution in [0.2, 0.25) is 0 Å². The Morgan fingerprint density at radius 3 is 1.51 bits per heavy atom. The topological polar surface area (TPSA) is 29.5 Å². The molecule has 0 aliphatic carbocycles. The Labute approximate surface area is 205 Å². The van der Waals surface area contributed by atoms with Crippen molar-refractivity contribution in [1.82, 2.24) is 0 Å². The summed E-state index contributed by atoms with van der Waals surface area (Å²) >= 11 is 0. The highest BCUT2D eigenvalue weighted by molar-refractivity contribution is 6.61. The standard InChI is InChI=1S/C32H23BO2/c34-33(31-17-15-27-19-25(11-13-29(27)21-31)23-7-3-1-4-8-23)35-32-18-16-28-20-26(12-14-30(28)22-32)24-9-5-2-6-10-24/h1-22,34H. The monoisotopic (exact) mass is 450 g/mol. The second-order valence-electron chi connectivity index (χ2n) is 8.75. The van der Waals surface area contributed by atoms with Crippen molar-refractivity contribution in [1.29, 1.82) is 0 Å². The van der Waals surface area contributed by atoms with Crippen LogP contribution in [0.1, 0.15) is 0 Å². The van der Waals surface area contributed by atoms with Gasteiger partial charge in [0.1, 0.15) is 5.75 Å². The molecular weight excluding hydrogens is 427 g/mol. The first-order valence-corrected chi connectivity index (χ1v) is 11.8. The Hall–Kier alpha value is -4.34. The summed E-state index contributed by atoms with van der Waals surface area (Å²) in [6.45, 7) is 0. The first-order chi connectivity index (χ1) is 17.2. The van der Waals surface area contributed by atoms with Crippen molar-refractivity contribution in [2.24, 2.45) is 0 Å². The van der Waals surface area contributed by atoms with Crippen LogP contribution in [0.25, 0.3) is 43.8 Å². The van der Waals surface area contributed by atoms with Gasteiger partial charge >= 0.3 is 7.12 Å². The SMILES string of the molecule is OB(Oc1ccc2cc(-c3ccccc3)ccc2c1)c1ccc2cc(-c3ccccc3)ccc2c1. The maximum absolute atomic E-state index is 10.8. The largest absolute Gasteiger partial charge is 0.560 e. The van der Waals surface area contributed by atoms with Gasteiger partial charge in [0.05, 0.1) is 0 Å². The van der Waals surface area contributed by atoms with E-state index in [0.29, 0.717) is 5.75 Å². The van der Waals surface area contributed by atoms with Crippen LogP contribution in [0.15, 0.2) is 133 Å². The van der Waals surface area contributed by atoms with E-state index in [0.717, 1.165) is 27.0 Å². The van der Waals surface area contributed by atoms with Gasteiger partial charge in [0.2, 0.25) is 0 Å². The van der Waals surface area contributed by atoms with Crippen LogP contribution in [0, 0.1) is 0 Å². The maximum atomic E-state index is 10.8. The molecule has 0 aliphatic rings. The molecule has 0 saturated heterocycles. The molecule has 0 unspecified atom stereocenters. The average Bonchev–Trinajstić information content (AvgIpc) is 2.93. The van der Waals surface area contributed by atoms with Crippen molar-refractivity contribution < 1.29 is 9.68 Å². The second kappa shape index (κ2) is 9.13. The molecule has 6 aromatic rings. The van der Waals surface area contributed by atoms with Gasteiger partial charge in [0.25, 0.3) is 0 Å². The molecule has 3 heteroatoms.